The van der Waals surface area contributed by atoms with Crippen LogP contribution in [0, 0.1) is 11.8 Å². The molecule has 4 nitrogen and oxygen atoms in total. The molecule has 1 atom stereocenters. The van der Waals surface area contributed by atoms with Gasteiger partial charge in [0.1, 0.15) is 0 Å². The Kier molecular flexibility index (Phi) is 6.03. The minimum atomic E-state index is -3.17. The first-order chi connectivity index (χ1) is 7.53. The number of rotatable bonds is 6. The molecule has 0 aromatic rings. The van der Waals surface area contributed by atoms with Gasteiger partial charge in [-0.15, -0.1) is 11.6 Å². The first-order valence-electron chi connectivity index (χ1n) is 5.64. The van der Waals surface area contributed by atoms with Crippen molar-refractivity contribution in [3.8, 4) is 0 Å². The zero-order valence-electron chi connectivity index (χ0n) is 9.62. The fourth-order valence-corrected chi connectivity index (χ4v) is 3.39. The van der Waals surface area contributed by atoms with Gasteiger partial charge in [0.25, 0.3) is 0 Å². The largest absolute Gasteiger partial charge is 0.381 e. The van der Waals surface area contributed by atoms with Gasteiger partial charge in [-0.05, 0) is 24.7 Å². The van der Waals surface area contributed by atoms with Crippen LogP contribution < -0.4 is 4.72 Å². The van der Waals surface area contributed by atoms with Crippen molar-refractivity contribution in [2.24, 2.45) is 11.8 Å². The van der Waals surface area contributed by atoms with Gasteiger partial charge < -0.3 is 4.74 Å². The van der Waals surface area contributed by atoms with Gasteiger partial charge in [-0.3, -0.25) is 0 Å². The highest BCUT2D eigenvalue weighted by Crippen LogP contribution is 2.13. The molecular formula is C10H20ClNO3S. The minimum Gasteiger partial charge on any atom is -0.381 e. The summed E-state index contributed by atoms with van der Waals surface area (Å²) >= 11 is 5.60. The highest BCUT2D eigenvalue weighted by molar-refractivity contribution is 7.89. The molecule has 0 spiro atoms. The Morgan fingerprint density at radius 1 is 1.44 bits per heavy atom. The van der Waals surface area contributed by atoms with E-state index in [1.54, 1.807) is 0 Å². The van der Waals surface area contributed by atoms with Crippen molar-refractivity contribution >= 4 is 21.6 Å². The molecule has 1 saturated heterocycles. The predicted molar refractivity (Wildman–Crippen MR) is 65.2 cm³/mol. The summed E-state index contributed by atoms with van der Waals surface area (Å²) in [5.41, 5.74) is 0. The fourth-order valence-electron chi connectivity index (χ4n) is 1.67. The maximum Gasteiger partial charge on any atom is 0.211 e. The molecule has 0 aromatic heterocycles. The zero-order valence-corrected chi connectivity index (χ0v) is 11.2. The Morgan fingerprint density at radius 2 is 2.06 bits per heavy atom. The van der Waals surface area contributed by atoms with Gasteiger partial charge in [0.2, 0.25) is 10.0 Å². The Hall–Kier alpha value is 0.160. The third-order valence-corrected chi connectivity index (χ3v) is 4.84. The summed E-state index contributed by atoms with van der Waals surface area (Å²) in [6.07, 6.45) is 1.88. The SMILES string of the molecule is CC(CCl)CS(=O)(=O)NCC1CCOCC1. The first-order valence-corrected chi connectivity index (χ1v) is 7.83. The van der Waals surface area contributed by atoms with Crippen LogP contribution in [0.1, 0.15) is 19.8 Å². The molecule has 0 aliphatic carbocycles. The second-order valence-corrected chi connectivity index (χ2v) is 6.61. The molecular weight excluding hydrogens is 250 g/mol. The van der Waals surface area contributed by atoms with Crippen LogP contribution in [0.2, 0.25) is 0 Å². The fraction of sp³-hybridized carbons (Fsp3) is 1.00. The van der Waals surface area contributed by atoms with Gasteiger partial charge in [-0.2, -0.15) is 0 Å². The molecule has 0 bridgehead atoms. The number of nitrogens with one attached hydrogen (secondary N) is 1. The molecule has 1 aliphatic rings. The highest BCUT2D eigenvalue weighted by Gasteiger charge is 2.19. The molecule has 1 heterocycles. The quantitative estimate of drug-likeness (QED) is 0.738. The molecule has 0 saturated carbocycles. The van der Waals surface area contributed by atoms with Crippen LogP contribution in [0.25, 0.3) is 0 Å². The number of ether oxygens (including phenoxy) is 1. The minimum absolute atomic E-state index is 0.00569. The maximum atomic E-state index is 11.6. The zero-order chi connectivity index (χ0) is 12.0. The number of hydrogen-bond acceptors (Lipinski definition) is 3. The molecule has 16 heavy (non-hydrogen) atoms. The van der Waals surface area contributed by atoms with Crippen LogP contribution in [0.15, 0.2) is 0 Å². The molecule has 1 fully saturated rings. The summed E-state index contributed by atoms with van der Waals surface area (Å²) in [6.45, 7) is 3.84. The van der Waals surface area contributed by atoms with Gasteiger partial charge in [0.15, 0.2) is 0 Å². The third kappa shape index (κ3) is 5.48. The average Bonchev–Trinajstić information content (AvgIpc) is 2.27. The molecule has 1 N–H and O–H groups in total. The maximum absolute atomic E-state index is 11.6. The van der Waals surface area contributed by atoms with Gasteiger partial charge in [0.05, 0.1) is 5.75 Å². The number of hydrogen-bond donors (Lipinski definition) is 1. The van der Waals surface area contributed by atoms with E-state index in [0.29, 0.717) is 18.3 Å². The molecule has 0 radical (unpaired) electrons. The van der Waals surface area contributed by atoms with Gasteiger partial charge in [-0.25, -0.2) is 13.1 Å². The number of alkyl halides is 1. The van der Waals surface area contributed by atoms with E-state index in [-0.39, 0.29) is 11.7 Å². The Bertz CT molecular complexity index is 288. The van der Waals surface area contributed by atoms with Crippen LogP contribution in [-0.2, 0) is 14.8 Å². The Labute approximate surface area is 103 Å². The lowest BCUT2D eigenvalue weighted by molar-refractivity contribution is 0.0678. The van der Waals surface area contributed by atoms with Crippen molar-refractivity contribution < 1.29 is 13.2 Å². The molecule has 6 heteroatoms. The second-order valence-electron chi connectivity index (χ2n) is 4.45. The monoisotopic (exact) mass is 269 g/mol. The van der Waals surface area contributed by atoms with Crippen LogP contribution in [0.4, 0.5) is 0 Å². The van der Waals surface area contributed by atoms with Crippen molar-refractivity contribution in [1.29, 1.82) is 0 Å². The molecule has 0 amide bonds. The van der Waals surface area contributed by atoms with Crippen molar-refractivity contribution in [2.75, 3.05) is 31.4 Å². The van der Waals surface area contributed by atoms with Crippen molar-refractivity contribution in [2.45, 2.75) is 19.8 Å². The molecule has 1 aliphatic heterocycles. The van der Waals surface area contributed by atoms with E-state index >= 15 is 0 Å². The van der Waals surface area contributed by atoms with E-state index in [1.165, 1.54) is 0 Å². The second kappa shape index (κ2) is 6.79. The first kappa shape index (κ1) is 14.2. The Morgan fingerprint density at radius 3 is 2.62 bits per heavy atom. The van der Waals surface area contributed by atoms with Crippen molar-refractivity contribution in [3.05, 3.63) is 0 Å². The summed E-state index contributed by atoms with van der Waals surface area (Å²) in [6, 6.07) is 0. The van der Waals surface area contributed by atoms with E-state index < -0.39 is 10.0 Å². The number of halogens is 1. The predicted octanol–water partition coefficient (Wildman–Crippen LogP) is 1.21. The average molecular weight is 270 g/mol. The molecule has 0 aromatic carbocycles. The molecule has 96 valence electrons. The normalized spacial score (nSPS) is 20.9. The van der Waals surface area contributed by atoms with Gasteiger partial charge in [0, 0.05) is 25.6 Å². The molecule has 1 rings (SSSR count). The highest BCUT2D eigenvalue weighted by atomic mass is 35.5. The van der Waals surface area contributed by atoms with Gasteiger partial charge >= 0.3 is 0 Å². The smallest absolute Gasteiger partial charge is 0.211 e. The molecule has 1 unspecified atom stereocenters. The van der Waals surface area contributed by atoms with E-state index in [9.17, 15) is 8.42 Å². The topological polar surface area (TPSA) is 55.4 Å². The summed E-state index contributed by atoms with van der Waals surface area (Å²) in [5, 5.41) is 0. The van der Waals surface area contributed by atoms with Gasteiger partial charge in [-0.1, -0.05) is 6.92 Å². The van der Waals surface area contributed by atoms with E-state index in [2.05, 4.69) is 4.72 Å². The summed E-state index contributed by atoms with van der Waals surface area (Å²) in [7, 11) is -3.17. The lowest BCUT2D eigenvalue weighted by Gasteiger charge is -2.22. The Balaban J connectivity index is 2.29. The lowest BCUT2D eigenvalue weighted by Crippen LogP contribution is -2.35. The summed E-state index contributed by atoms with van der Waals surface area (Å²) in [4.78, 5) is 0. The van der Waals surface area contributed by atoms with Crippen LogP contribution in [0.3, 0.4) is 0 Å². The number of sulfonamides is 1. The van der Waals surface area contributed by atoms with E-state index in [4.69, 9.17) is 16.3 Å². The van der Waals surface area contributed by atoms with Crippen LogP contribution in [-0.4, -0.2) is 39.8 Å². The van der Waals surface area contributed by atoms with E-state index in [1.807, 2.05) is 6.92 Å². The standard InChI is InChI=1S/C10H20ClNO3S/c1-9(6-11)8-16(13,14)12-7-10-2-4-15-5-3-10/h9-10,12H,2-8H2,1H3. The lowest BCUT2D eigenvalue weighted by atomic mass is 10.0. The van der Waals surface area contributed by atoms with Crippen molar-refractivity contribution in [1.82, 2.24) is 4.72 Å². The van der Waals surface area contributed by atoms with Crippen molar-refractivity contribution in [3.63, 3.8) is 0 Å². The van der Waals surface area contributed by atoms with Crippen LogP contribution in [0.5, 0.6) is 0 Å². The summed E-state index contributed by atoms with van der Waals surface area (Å²) < 4.78 is 31.2. The van der Waals surface area contributed by atoms with E-state index in [0.717, 1.165) is 26.1 Å². The van der Waals surface area contributed by atoms with Crippen LogP contribution >= 0.6 is 11.6 Å². The summed E-state index contributed by atoms with van der Waals surface area (Å²) in [5.74, 6) is 0.890. The third-order valence-electron chi connectivity index (χ3n) is 2.70.